The minimum atomic E-state index is -2.29. The Kier molecular flexibility index (Phi) is 28.1. The molecule has 13 N–H and O–H groups in total. The molecule has 0 amide bonds. The van der Waals surface area contributed by atoms with Crippen LogP contribution in [0.25, 0.3) is 0 Å². The van der Waals surface area contributed by atoms with Crippen LogP contribution < -0.4 is 5.73 Å². The third kappa shape index (κ3) is 22.9. The zero-order valence-corrected chi connectivity index (χ0v) is 45.3. The van der Waals surface area contributed by atoms with Gasteiger partial charge >= 0.3 is 11.9 Å². The van der Waals surface area contributed by atoms with Crippen LogP contribution in [0.1, 0.15) is 120 Å². The number of carboxylic acid groups (broad SMARTS) is 1. The van der Waals surface area contributed by atoms with Crippen LogP contribution in [0.3, 0.4) is 0 Å². The van der Waals surface area contributed by atoms with Crippen LogP contribution in [0.4, 0.5) is 0 Å². The summed E-state index contributed by atoms with van der Waals surface area (Å²) in [4.78, 5) is 38.7. The van der Waals surface area contributed by atoms with Crippen LogP contribution in [-0.4, -0.2) is 171 Å². The molecular formula is C59H87NO18. The van der Waals surface area contributed by atoms with Crippen molar-refractivity contribution in [3.05, 3.63) is 120 Å². The van der Waals surface area contributed by atoms with Crippen molar-refractivity contribution in [3.63, 3.8) is 0 Å². The molecule has 3 aliphatic rings. The van der Waals surface area contributed by atoms with E-state index in [1.54, 1.807) is 60.7 Å². The highest BCUT2D eigenvalue weighted by Crippen LogP contribution is 2.38. The Balaban J connectivity index is 1.52. The van der Waals surface area contributed by atoms with Crippen LogP contribution in [0.15, 0.2) is 109 Å². The number of Topliss-reactive ketones (excluding diaryl/α,β-unsaturated/α-hetero) is 1. The van der Waals surface area contributed by atoms with Gasteiger partial charge in [0.05, 0.1) is 79.6 Å². The van der Waals surface area contributed by atoms with Crippen molar-refractivity contribution in [3.8, 4) is 0 Å². The zero-order chi connectivity index (χ0) is 57.5. The normalized spacial score (nSPS) is 38.7. The number of aliphatic hydroxyl groups is 10. The SMILES string of the molecule is Cc1ccc(C(=O)CC(O)CCC(C)C2OC(=O)CC(O)CC(O)CCCC(O)CC(O)CC(O)CC3(O)CC(O)C(C(=O)O)C(CC(OC4O[C@H](C)[C@@H](O)[C@H](N)[C@@H]4O)/C=C/C=C/C=C/C=C\C=C/C=C/C=C/C2C)O3)cc1. The molecule has 19 heteroatoms. The van der Waals surface area contributed by atoms with Gasteiger partial charge in [-0.05, 0) is 71.1 Å². The number of rotatable bonds is 10. The highest BCUT2D eigenvalue weighted by Gasteiger charge is 2.51. The quantitative estimate of drug-likeness (QED) is 0.117. The molecule has 19 atom stereocenters. The molecule has 78 heavy (non-hydrogen) atoms. The lowest BCUT2D eigenvalue weighted by atomic mass is 9.82. The van der Waals surface area contributed by atoms with Gasteiger partial charge in [0.2, 0.25) is 0 Å². The van der Waals surface area contributed by atoms with Gasteiger partial charge in [0.25, 0.3) is 0 Å². The van der Waals surface area contributed by atoms with Crippen molar-refractivity contribution in [2.75, 3.05) is 0 Å². The molecule has 2 fully saturated rings. The van der Waals surface area contributed by atoms with E-state index >= 15 is 0 Å². The molecule has 3 aliphatic heterocycles. The highest BCUT2D eigenvalue weighted by molar-refractivity contribution is 5.96. The molecule has 0 aliphatic carbocycles. The summed E-state index contributed by atoms with van der Waals surface area (Å²) < 4.78 is 23.8. The number of carbonyl (C=O) groups excluding carboxylic acids is 2. The van der Waals surface area contributed by atoms with Gasteiger partial charge in [0.1, 0.15) is 18.1 Å². The van der Waals surface area contributed by atoms with E-state index in [0.717, 1.165) is 5.56 Å². The van der Waals surface area contributed by atoms with E-state index in [1.807, 2.05) is 63.3 Å². The number of hydrogen-bond donors (Lipinski definition) is 12. The van der Waals surface area contributed by atoms with Crippen LogP contribution in [0, 0.1) is 24.7 Å². The first-order valence-corrected chi connectivity index (χ1v) is 27.2. The number of allylic oxidation sites excluding steroid dienone is 12. The summed E-state index contributed by atoms with van der Waals surface area (Å²) in [5.41, 5.74) is 7.58. The maximum absolute atomic E-state index is 13.3. The number of ketones is 1. The van der Waals surface area contributed by atoms with Crippen LogP contribution in [0.2, 0.25) is 0 Å². The van der Waals surface area contributed by atoms with Crippen LogP contribution in [0.5, 0.6) is 0 Å². The molecule has 4 rings (SSSR count). The largest absolute Gasteiger partial charge is 0.481 e. The third-order valence-electron chi connectivity index (χ3n) is 14.4. The minimum Gasteiger partial charge on any atom is -0.481 e. The van der Waals surface area contributed by atoms with Gasteiger partial charge in [0, 0.05) is 37.2 Å². The lowest BCUT2D eigenvalue weighted by molar-refractivity contribution is -0.308. The van der Waals surface area contributed by atoms with Gasteiger partial charge in [-0.2, -0.15) is 0 Å². The van der Waals surface area contributed by atoms with Gasteiger partial charge in [-0.1, -0.05) is 129 Å². The second-order valence-electron chi connectivity index (χ2n) is 21.4. The van der Waals surface area contributed by atoms with Crippen molar-refractivity contribution in [2.24, 2.45) is 23.5 Å². The number of hydrogen-bond acceptors (Lipinski definition) is 18. The Morgan fingerprint density at radius 3 is 1.87 bits per heavy atom. The molecule has 0 aromatic heterocycles. The number of ether oxygens (including phenoxy) is 4. The number of fused-ring (bicyclic) bond motifs is 2. The van der Waals surface area contributed by atoms with Gasteiger partial charge in [0.15, 0.2) is 17.9 Å². The Hall–Kier alpha value is -4.55. The standard InChI is InChI=1S/C59H87NO18/c1-36-22-25-40(26-23-36)48(67)31-43(63)27-24-38(3)56-37(2)18-15-13-11-9-7-5-6-8-10-12-14-16-21-47(76-58-55(71)53(60)54(70)39(4)75-58)33-50-52(57(72)73)49(68)35-59(74,78-50)34-46(66)30-44(64)28-41(61)19-17-20-42(62)29-45(65)32-51(69)77-56/h5-16,18,21-23,25-26,37-39,41-47,49-50,52-56,58,61-66,68,70-71,74H,17,19-20,24,27-35,60H2,1-4H3,(H,72,73)/b6-5-,9-7-,10-8+,13-11+,14-12+,18-15+,21-16+/t37?,38?,39-,41?,42?,43?,44?,45?,46?,47?,49?,50?,52?,53+,54-,55+,56?,58?,59?/m1/s1. The van der Waals surface area contributed by atoms with Crippen molar-refractivity contribution >= 4 is 17.7 Å². The number of cyclic esters (lactones) is 1. The Morgan fingerprint density at radius 2 is 1.28 bits per heavy atom. The summed E-state index contributed by atoms with van der Waals surface area (Å²) in [6.45, 7) is 7.24. The predicted octanol–water partition coefficient (Wildman–Crippen LogP) is 3.83. The molecule has 1 aromatic carbocycles. The Morgan fingerprint density at radius 1 is 0.731 bits per heavy atom. The van der Waals surface area contributed by atoms with E-state index in [-0.39, 0.29) is 75.4 Å². The van der Waals surface area contributed by atoms with E-state index < -0.39 is 135 Å². The second kappa shape index (κ2) is 33.3. The summed E-state index contributed by atoms with van der Waals surface area (Å²) in [7, 11) is 0. The molecule has 19 nitrogen and oxygen atoms in total. The summed E-state index contributed by atoms with van der Waals surface area (Å²) >= 11 is 0. The summed E-state index contributed by atoms with van der Waals surface area (Å²) in [5, 5.41) is 119. The molecule has 15 unspecified atom stereocenters. The fourth-order valence-electron chi connectivity index (χ4n) is 10.0. The number of aliphatic carboxylic acids is 1. The van der Waals surface area contributed by atoms with Gasteiger partial charge < -0.3 is 80.9 Å². The van der Waals surface area contributed by atoms with E-state index in [1.165, 1.54) is 13.0 Å². The van der Waals surface area contributed by atoms with Crippen molar-refractivity contribution in [1.29, 1.82) is 0 Å². The Labute approximate surface area is 458 Å². The Bertz CT molecular complexity index is 2190. The number of carboxylic acids is 1. The molecule has 3 heterocycles. The maximum Gasteiger partial charge on any atom is 0.311 e. The van der Waals surface area contributed by atoms with E-state index in [4.69, 9.17) is 24.7 Å². The molecule has 0 saturated carbocycles. The molecule has 0 spiro atoms. The number of benzene rings is 1. The average Bonchev–Trinajstić information content (AvgIpc) is 3.35. The number of esters is 1. The average molecular weight is 1100 g/mol. The number of carbonyl (C=O) groups is 3. The van der Waals surface area contributed by atoms with E-state index in [2.05, 4.69) is 0 Å². The molecule has 2 bridgehead atoms. The molecular weight excluding hydrogens is 1010 g/mol. The monoisotopic (exact) mass is 1100 g/mol. The smallest absolute Gasteiger partial charge is 0.311 e. The first-order valence-electron chi connectivity index (χ1n) is 27.2. The van der Waals surface area contributed by atoms with E-state index in [0.29, 0.717) is 12.0 Å². The predicted molar refractivity (Wildman–Crippen MR) is 290 cm³/mol. The zero-order valence-electron chi connectivity index (χ0n) is 45.3. The lowest BCUT2D eigenvalue weighted by Crippen LogP contribution is -2.61. The summed E-state index contributed by atoms with van der Waals surface area (Å²) in [5.74, 6) is -6.73. The lowest BCUT2D eigenvalue weighted by Gasteiger charge is -2.45. The first-order chi connectivity index (χ1) is 36.9. The third-order valence-corrected chi connectivity index (χ3v) is 14.4. The molecule has 0 radical (unpaired) electrons. The van der Waals surface area contributed by atoms with E-state index in [9.17, 15) is 70.6 Å². The summed E-state index contributed by atoms with van der Waals surface area (Å²) in [6, 6.07) is 5.99. The molecule has 436 valence electrons. The van der Waals surface area contributed by atoms with Crippen LogP contribution >= 0.6 is 0 Å². The molecule has 2 saturated heterocycles. The van der Waals surface area contributed by atoms with Crippen molar-refractivity contribution in [2.45, 2.75) is 209 Å². The number of nitrogens with two attached hydrogens (primary N) is 1. The fraction of sp³-hybridized carbons (Fsp3) is 0.610. The minimum absolute atomic E-state index is 0.0602. The fourth-order valence-corrected chi connectivity index (χ4v) is 10.0. The highest BCUT2D eigenvalue weighted by atomic mass is 16.7. The van der Waals surface area contributed by atoms with Gasteiger partial charge in [-0.25, -0.2) is 0 Å². The number of aryl methyl sites for hydroxylation is 1. The number of aliphatic hydroxyl groups excluding tert-OH is 9. The maximum atomic E-state index is 13.3. The van der Waals surface area contributed by atoms with Gasteiger partial charge in [-0.3, -0.25) is 14.4 Å². The van der Waals surface area contributed by atoms with Crippen molar-refractivity contribution in [1.82, 2.24) is 0 Å². The van der Waals surface area contributed by atoms with Crippen LogP contribution in [-0.2, 0) is 28.5 Å². The summed E-state index contributed by atoms with van der Waals surface area (Å²) in [6.07, 6.45) is 6.21. The second-order valence-corrected chi connectivity index (χ2v) is 21.4. The topological polar surface area (TPSA) is 337 Å². The first kappa shape index (κ1) is 66.0. The molecule has 1 aromatic rings. The van der Waals surface area contributed by atoms with Crippen molar-refractivity contribution < 1.29 is 89.5 Å². The van der Waals surface area contributed by atoms with Gasteiger partial charge in [-0.15, -0.1) is 0 Å².